The molecule has 96 valence electrons. The van der Waals surface area contributed by atoms with Crippen molar-refractivity contribution in [2.45, 2.75) is 25.8 Å². The highest BCUT2D eigenvalue weighted by Crippen LogP contribution is 2.34. The molecule has 1 atom stereocenters. The molecular formula is C15H19ClN2. The Bertz CT molecular complexity index is 458. The van der Waals surface area contributed by atoms with Gasteiger partial charge in [0.2, 0.25) is 0 Å². The summed E-state index contributed by atoms with van der Waals surface area (Å²) in [5.74, 6) is 3.49. The molecule has 1 unspecified atom stereocenters. The zero-order chi connectivity index (χ0) is 13.1. The Kier molecular flexibility index (Phi) is 4.16. The molecule has 2 N–H and O–H groups in total. The number of nitrogens with two attached hydrogens (primary N) is 1. The van der Waals surface area contributed by atoms with Gasteiger partial charge in [-0.15, -0.1) is 6.42 Å². The summed E-state index contributed by atoms with van der Waals surface area (Å²) in [6, 6.07) is 6.00. The van der Waals surface area contributed by atoms with E-state index in [1.54, 1.807) is 0 Å². The average molecular weight is 263 g/mol. The molecule has 0 spiro atoms. The van der Waals surface area contributed by atoms with Gasteiger partial charge in [-0.05, 0) is 43.4 Å². The Labute approximate surface area is 114 Å². The number of rotatable bonds is 5. The molecule has 1 saturated carbocycles. The normalized spacial score (nSPS) is 16.1. The Balaban J connectivity index is 2.20. The van der Waals surface area contributed by atoms with Crippen molar-refractivity contribution in [3.63, 3.8) is 0 Å². The first-order valence-electron chi connectivity index (χ1n) is 6.35. The van der Waals surface area contributed by atoms with E-state index in [2.05, 4.69) is 10.8 Å². The first kappa shape index (κ1) is 13.3. The highest BCUT2D eigenvalue weighted by atomic mass is 35.5. The predicted octanol–water partition coefficient (Wildman–Crippen LogP) is 3.21. The summed E-state index contributed by atoms with van der Waals surface area (Å²) < 4.78 is 0. The molecule has 1 aromatic rings. The number of benzene rings is 1. The standard InChI is InChI=1S/C15H19ClN2/c1-3-8-18(10-12-4-5-12)15-7-6-13(11(2)17)9-14(15)16/h1,6-7,9,11-12H,4-5,8,10,17H2,2H3. The highest BCUT2D eigenvalue weighted by Gasteiger charge is 2.25. The third-order valence-electron chi connectivity index (χ3n) is 3.30. The molecule has 0 heterocycles. The molecule has 0 saturated heterocycles. The summed E-state index contributed by atoms with van der Waals surface area (Å²) in [5.41, 5.74) is 7.92. The molecule has 1 aliphatic carbocycles. The van der Waals surface area contributed by atoms with E-state index < -0.39 is 0 Å². The van der Waals surface area contributed by atoms with Crippen LogP contribution in [0.4, 0.5) is 5.69 Å². The van der Waals surface area contributed by atoms with Gasteiger partial charge in [0.25, 0.3) is 0 Å². The van der Waals surface area contributed by atoms with Crippen molar-refractivity contribution in [2.75, 3.05) is 18.0 Å². The molecular weight excluding hydrogens is 244 g/mol. The lowest BCUT2D eigenvalue weighted by Crippen LogP contribution is -2.26. The second-order valence-electron chi connectivity index (χ2n) is 5.03. The molecule has 1 aromatic carbocycles. The number of anilines is 1. The van der Waals surface area contributed by atoms with Gasteiger partial charge >= 0.3 is 0 Å². The van der Waals surface area contributed by atoms with E-state index in [0.29, 0.717) is 6.54 Å². The van der Waals surface area contributed by atoms with E-state index >= 15 is 0 Å². The van der Waals surface area contributed by atoms with E-state index in [0.717, 1.165) is 28.7 Å². The smallest absolute Gasteiger partial charge is 0.0792 e. The maximum Gasteiger partial charge on any atom is 0.0792 e. The summed E-state index contributed by atoms with van der Waals surface area (Å²) in [6.07, 6.45) is 8.04. The van der Waals surface area contributed by atoms with Crippen molar-refractivity contribution in [3.05, 3.63) is 28.8 Å². The summed E-state index contributed by atoms with van der Waals surface area (Å²) in [7, 11) is 0. The molecule has 0 aromatic heterocycles. The molecule has 0 bridgehead atoms. The zero-order valence-electron chi connectivity index (χ0n) is 10.7. The van der Waals surface area contributed by atoms with Crippen LogP contribution in [-0.4, -0.2) is 13.1 Å². The van der Waals surface area contributed by atoms with Crippen LogP contribution >= 0.6 is 11.6 Å². The van der Waals surface area contributed by atoms with Crippen LogP contribution in [0.5, 0.6) is 0 Å². The number of hydrogen-bond acceptors (Lipinski definition) is 2. The monoisotopic (exact) mass is 262 g/mol. The number of nitrogens with zero attached hydrogens (tertiary/aromatic N) is 1. The lowest BCUT2D eigenvalue weighted by molar-refractivity contribution is 0.763. The summed E-state index contributed by atoms with van der Waals surface area (Å²) in [6.45, 7) is 3.56. The number of terminal acetylenes is 1. The van der Waals surface area contributed by atoms with Crippen LogP contribution in [-0.2, 0) is 0 Å². The number of hydrogen-bond donors (Lipinski definition) is 1. The fourth-order valence-corrected chi connectivity index (χ4v) is 2.34. The lowest BCUT2D eigenvalue weighted by Gasteiger charge is -2.24. The van der Waals surface area contributed by atoms with Crippen molar-refractivity contribution in [1.29, 1.82) is 0 Å². The van der Waals surface area contributed by atoms with Crippen LogP contribution in [0, 0.1) is 18.3 Å². The van der Waals surface area contributed by atoms with Crippen molar-refractivity contribution in [3.8, 4) is 12.3 Å². The Morgan fingerprint density at radius 2 is 2.28 bits per heavy atom. The fourth-order valence-electron chi connectivity index (χ4n) is 2.03. The lowest BCUT2D eigenvalue weighted by atomic mass is 10.1. The minimum Gasteiger partial charge on any atom is -0.359 e. The quantitative estimate of drug-likeness (QED) is 0.826. The molecule has 2 nitrogen and oxygen atoms in total. The van der Waals surface area contributed by atoms with Crippen LogP contribution in [0.1, 0.15) is 31.4 Å². The third kappa shape index (κ3) is 3.19. The van der Waals surface area contributed by atoms with Crippen LogP contribution in [0.15, 0.2) is 18.2 Å². The summed E-state index contributed by atoms with van der Waals surface area (Å²) in [5, 5.41) is 0.737. The first-order chi connectivity index (χ1) is 8.61. The summed E-state index contributed by atoms with van der Waals surface area (Å²) >= 11 is 6.34. The van der Waals surface area contributed by atoms with Crippen molar-refractivity contribution >= 4 is 17.3 Å². The molecule has 1 aliphatic rings. The molecule has 0 aliphatic heterocycles. The maximum atomic E-state index is 6.34. The van der Waals surface area contributed by atoms with Crippen molar-refractivity contribution in [2.24, 2.45) is 11.7 Å². The molecule has 18 heavy (non-hydrogen) atoms. The Hall–Kier alpha value is -1.17. The van der Waals surface area contributed by atoms with Gasteiger partial charge in [-0.25, -0.2) is 0 Å². The van der Waals surface area contributed by atoms with E-state index in [9.17, 15) is 0 Å². The minimum absolute atomic E-state index is 0.000987. The third-order valence-corrected chi connectivity index (χ3v) is 3.60. The predicted molar refractivity (Wildman–Crippen MR) is 77.8 cm³/mol. The van der Waals surface area contributed by atoms with Crippen LogP contribution in [0.2, 0.25) is 5.02 Å². The van der Waals surface area contributed by atoms with E-state index in [1.165, 1.54) is 12.8 Å². The van der Waals surface area contributed by atoms with Crippen LogP contribution in [0.3, 0.4) is 0 Å². The molecule has 2 rings (SSSR count). The first-order valence-corrected chi connectivity index (χ1v) is 6.73. The highest BCUT2D eigenvalue weighted by molar-refractivity contribution is 6.33. The molecule has 3 heteroatoms. The van der Waals surface area contributed by atoms with Crippen LogP contribution in [0.25, 0.3) is 0 Å². The van der Waals surface area contributed by atoms with Gasteiger partial charge in [-0.2, -0.15) is 0 Å². The topological polar surface area (TPSA) is 29.3 Å². The Morgan fingerprint density at radius 1 is 1.56 bits per heavy atom. The average Bonchev–Trinajstić information content (AvgIpc) is 3.12. The molecule has 0 radical (unpaired) electrons. The van der Waals surface area contributed by atoms with Gasteiger partial charge in [-0.1, -0.05) is 23.6 Å². The summed E-state index contributed by atoms with van der Waals surface area (Å²) in [4.78, 5) is 2.19. The largest absolute Gasteiger partial charge is 0.359 e. The van der Waals surface area contributed by atoms with E-state index in [4.69, 9.17) is 23.8 Å². The second-order valence-corrected chi connectivity index (χ2v) is 5.43. The van der Waals surface area contributed by atoms with E-state index in [1.807, 2.05) is 25.1 Å². The van der Waals surface area contributed by atoms with Gasteiger partial charge in [0.05, 0.1) is 17.3 Å². The van der Waals surface area contributed by atoms with Gasteiger partial charge in [0.1, 0.15) is 0 Å². The number of halogens is 1. The van der Waals surface area contributed by atoms with Crippen molar-refractivity contribution in [1.82, 2.24) is 0 Å². The van der Waals surface area contributed by atoms with Gasteiger partial charge in [0, 0.05) is 12.6 Å². The molecule has 0 amide bonds. The van der Waals surface area contributed by atoms with Crippen molar-refractivity contribution < 1.29 is 0 Å². The van der Waals surface area contributed by atoms with E-state index in [-0.39, 0.29) is 6.04 Å². The SMILES string of the molecule is C#CCN(CC1CC1)c1ccc(C(C)N)cc1Cl. The molecule has 1 fully saturated rings. The fraction of sp³-hybridized carbons (Fsp3) is 0.467. The van der Waals surface area contributed by atoms with Crippen LogP contribution < -0.4 is 10.6 Å². The Morgan fingerprint density at radius 3 is 2.78 bits per heavy atom. The van der Waals surface area contributed by atoms with Gasteiger partial charge in [-0.3, -0.25) is 0 Å². The van der Waals surface area contributed by atoms with Gasteiger partial charge < -0.3 is 10.6 Å². The zero-order valence-corrected chi connectivity index (χ0v) is 11.5. The maximum absolute atomic E-state index is 6.34. The minimum atomic E-state index is 0.000987. The second kappa shape index (κ2) is 5.65. The van der Waals surface area contributed by atoms with Gasteiger partial charge in [0.15, 0.2) is 0 Å².